The molecule has 0 heterocycles. The SMILES string of the molecule is Cc1cccc(NN=C(C#N)C(N)=S)c1. The number of thiocarbonyl (C=S) groups is 1. The zero-order valence-corrected chi connectivity index (χ0v) is 9.01. The van der Waals surface area contributed by atoms with E-state index in [-0.39, 0.29) is 10.7 Å². The highest BCUT2D eigenvalue weighted by molar-refractivity contribution is 7.82. The summed E-state index contributed by atoms with van der Waals surface area (Å²) in [4.78, 5) is -0.0161. The number of hydrazone groups is 1. The molecule has 1 rings (SSSR count). The lowest BCUT2D eigenvalue weighted by atomic mass is 10.2. The van der Waals surface area contributed by atoms with Crippen LogP contribution in [0.5, 0.6) is 0 Å². The van der Waals surface area contributed by atoms with E-state index in [4.69, 9.17) is 11.0 Å². The topological polar surface area (TPSA) is 74.2 Å². The minimum Gasteiger partial charge on any atom is -0.387 e. The molecule has 0 saturated heterocycles. The Balaban J connectivity index is 2.80. The number of nitrogens with zero attached hydrogens (tertiary/aromatic N) is 2. The van der Waals surface area contributed by atoms with Gasteiger partial charge >= 0.3 is 0 Å². The lowest BCUT2D eigenvalue weighted by molar-refractivity contribution is 1.33. The zero-order valence-electron chi connectivity index (χ0n) is 8.19. The fourth-order valence-corrected chi connectivity index (χ4v) is 1.06. The van der Waals surface area contributed by atoms with Crippen LogP contribution in [-0.2, 0) is 0 Å². The highest BCUT2D eigenvalue weighted by atomic mass is 32.1. The summed E-state index contributed by atoms with van der Waals surface area (Å²) in [5.74, 6) is 0. The number of anilines is 1. The van der Waals surface area contributed by atoms with Crippen molar-refractivity contribution in [2.75, 3.05) is 5.43 Å². The monoisotopic (exact) mass is 218 g/mol. The Labute approximate surface area is 93.4 Å². The second-order valence-corrected chi connectivity index (χ2v) is 3.36. The second-order valence-electron chi connectivity index (χ2n) is 2.92. The molecule has 0 unspecified atom stereocenters. The van der Waals surface area contributed by atoms with Gasteiger partial charge in [-0.1, -0.05) is 24.4 Å². The van der Waals surface area contributed by atoms with Crippen molar-refractivity contribution in [3.8, 4) is 6.07 Å². The van der Waals surface area contributed by atoms with Gasteiger partial charge in [0.05, 0.1) is 5.69 Å². The Morgan fingerprint density at radius 3 is 2.87 bits per heavy atom. The van der Waals surface area contributed by atoms with Crippen LogP contribution >= 0.6 is 12.2 Å². The summed E-state index contributed by atoms with van der Waals surface area (Å²) in [6.07, 6.45) is 0. The molecule has 0 radical (unpaired) electrons. The minimum absolute atomic E-state index is 0.0161. The van der Waals surface area contributed by atoms with E-state index in [1.807, 2.05) is 37.3 Å². The van der Waals surface area contributed by atoms with Crippen LogP contribution in [0, 0.1) is 18.3 Å². The van der Waals surface area contributed by atoms with Crippen LogP contribution in [0.4, 0.5) is 5.69 Å². The smallest absolute Gasteiger partial charge is 0.194 e. The predicted octanol–water partition coefficient (Wildman–Crippen LogP) is 1.57. The van der Waals surface area contributed by atoms with Crippen LogP contribution < -0.4 is 11.2 Å². The lowest BCUT2D eigenvalue weighted by Crippen LogP contribution is -2.20. The van der Waals surface area contributed by atoms with Crippen molar-refractivity contribution in [3.63, 3.8) is 0 Å². The summed E-state index contributed by atoms with van der Waals surface area (Å²) in [6.45, 7) is 1.97. The second kappa shape index (κ2) is 5.08. The Bertz CT molecular complexity index is 445. The molecule has 76 valence electrons. The number of aryl methyl sites for hydroxylation is 1. The van der Waals surface area contributed by atoms with E-state index in [2.05, 4.69) is 22.7 Å². The van der Waals surface area contributed by atoms with Crippen LogP contribution in [0.1, 0.15) is 5.56 Å². The molecule has 4 nitrogen and oxygen atoms in total. The standard InChI is InChI=1S/C10H10N4S/c1-7-3-2-4-8(5-7)13-14-9(6-11)10(12)15/h2-5,13H,1H3,(H2,12,15). The molecule has 0 aromatic heterocycles. The van der Waals surface area contributed by atoms with Crippen molar-refractivity contribution in [1.29, 1.82) is 5.26 Å². The Hall–Kier alpha value is -1.93. The number of hydrogen-bond acceptors (Lipinski definition) is 4. The number of nitrogens with one attached hydrogen (secondary N) is 1. The molecule has 0 spiro atoms. The highest BCUT2D eigenvalue weighted by Gasteiger charge is 2.00. The maximum Gasteiger partial charge on any atom is 0.194 e. The van der Waals surface area contributed by atoms with E-state index in [0.717, 1.165) is 11.3 Å². The molecule has 0 aliphatic carbocycles. The van der Waals surface area contributed by atoms with Gasteiger partial charge in [-0.05, 0) is 24.6 Å². The van der Waals surface area contributed by atoms with Crippen molar-refractivity contribution >= 4 is 28.6 Å². The van der Waals surface area contributed by atoms with Crippen LogP contribution in [0.15, 0.2) is 29.4 Å². The molecule has 5 heteroatoms. The maximum absolute atomic E-state index is 8.64. The molecule has 0 atom stereocenters. The molecule has 15 heavy (non-hydrogen) atoms. The quantitative estimate of drug-likeness (QED) is 0.459. The Kier molecular flexibility index (Phi) is 3.77. The summed E-state index contributed by atoms with van der Waals surface area (Å²) in [5, 5.41) is 12.4. The van der Waals surface area contributed by atoms with Crippen LogP contribution in [0.25, 0.3) is 0 Å². The van der Waals surface area contributed by atoms with Crippen LogP contribution in [0.2, 0.25) is 0 Å². The van der Waals surface area contributed by atoms with Crippen molar-refractivity contribution < 1.29 is 0 Å². The molecule has 0 fully saturated rings. The first kappa shape index (κ1) is 11.1. The van der Waals surface area contributed by atoms with Gasteiger partial charge in [-0.25, -0.2) is 0 Å². The summed E-state index contributed by atoms with van der Waals surface area (Å²) in [5.41, 5.74) is 9.91. The van der Waals surface area contributed by atoms with E-state index in [1.165, 1.54) is 0 Å². The number of benzene rings is 1. The molecule has 0 saturated carbocycles. The Morgan fingerprint density at radius 2 is 2.33 bits per heavy atom. The summed E-state index contributed by atoms with van der Waals surface area (Å²) in [6, 6.07) is 9.40. The van der Waals surface area contributed by atoms with E-state index in [0.29, 0.717) is 0 Å². The van der Waals surface area contributed by atoms with Crippen molar-refractivity contribution in [2.24, 2.45) is 10.8 Å². The molecular weight excluding hydrogens is 208 g/mol. The van der Waals surface area contributed by atoms with Gasteiger partial charge in [-0.15, -0.1) is 0 Å². The van der Waals surface area contributed by atoms with E-state index in [9.17, 15) is 0 Å². The van der Waals surface area contributed by atoms with E-state index in [1.54, 1.807) is 0 Å². The maximum atomic E-state index is 8.64. The molecule has 1 aromatic rings. The van der Waals surface area contributed by atoms with Gasteiger partial charge in [0, 0.05) is 0 Å². The fourth-order valence-electron chi connectivity index (χ4n) is 0.970. The average Bonchev–Trinajstić information content (AvgIpc) is 2.18. The number of nitrogens with two attached hydrogens (primary N) is 1. The summed E-state index contributed by atoms with van der Waals surface area (Å²) >= 11 is 4.64. The molecule has 1 aromatic carbocycles. The van der Waals surface area contributed by atoms with Gasteiger partial charge in [0.15, 0.2) is 5.71 Å². The van der Waals surface area contributed by atoms with Gasteiger partial charge in [-0.3, -0.25) is 5.43 Å². The predicted molar refractivity (Wildman–Crippen MR) is 64.6 cm³/mol. The van der Waals surface area contributed by atoms with E-state index >= 15 is 0 Å². The van der Waals surface area contributed by atoms with Gasteiger partial charge in [0.1, 0.15) is 11.1 Å². The Morgan fingerprint density at radius 1 is 1.60 bits per heavy atom. The van der Waals surface area contributed by atoms with Gasteiger partial charge in [0.2, 0.25) is 0 Å². The third kappa shape index (κ3) is 3.37. The fraction of sp³-hybridized carbons (Fsp3) is 0.100. The first-order valence-electron chi connectivity index (χ1n) is 4.23. The minimum atomic E-state index is -0.0161. The molecular formula is C10H10N4S. The molecule has 0 aliphatic heterocycles. The number of rotatable bonds is 3. The molecule has 0 amide bonds. The molecule has 0 aliphatic rings. The summed E-state index contributed by atoms with van der Waals surface area (Å²) < 4.78 is 0. The third-order valence-corrected chi connectivity index (χ3v) is 1.85. The van der Waals surface area contributed by atoms with Crippen molar-refractivity contribution in [3.05, 3.63) is 29.8 Å². The zero-order chi connectivity index (χ0) is 11.3. The van der Waals surface area contributed by atoms with Crippen LogP contribution in [0.3, 0.4) is 0 Å². The normalized spacial score (nSPS) is 10.5. The first-order chi connectivity index (χ1) is 7.13. The number of hydrogen-bond donors (Lipinski definition) is 2. The van der Waals surface area contributed by atoms with E-state index < -0.39 is 0 Å². The third-order valence-electron chi connectivity index (χ3n) is 1.65. The lowest BCUT2D eigenvalue weighted by Gasteiger charge is -2.01. The first-order valence-corrected chi connectivity index (χ1v) is 4.64. The number of nitriles is 1. The van der Waals surface area contributed by atoms with Gasteiger partial charge < -0.3 is 5.73 Å². The molecule has 3 N–H and O–H groups in total. The van der Waals surface area contributed by atoms with Gasteiger partial charge in [0.25, 0.3) is 0 Å². The highest BCUT2D eigenvalue weighted by Crippen LogP contribution is 2.09. The average molecular weight is 218 g/mol. The molecule has 0 bridgehead atoms. The summed E-state index contributed by atoms with van der Waals surface area (Å²) in [7, 11) is 0. The van der Waals surface area contributed by atoms with Gasteiger partial charge in [-0.2, -0.15) is 10.4 Å². The largest absolute Gasteiger partial charge is 0.387 e. The van der Waals surface area contributed by atoms with Crippen molar-refractivity contribution in [2.45, 2.75) is 6.92 Å². The van der Waals surface area contributed by atoms with Crippen molar-refractivity contribution in [1.82, 2.24) is 0 Å². The van der Waals surface area contributed by atoms with Crippen LogP contribution in [-0.4, -0.2) is 10.7 Å².